The number of nitrogens with one attached hydrogen (secondary N) is 3. The maximum atomic E-state index is 13.7. The van der Waals surface area contributed by atoms with Gasteiger partial charge in [-0.25, -0.2) is 14.6 Å². The summed E-state index contributed by atoms with van der Waals surface area (Å²) in [5, 5.41) is 5.43. The number of nitrogens with zero attached hydrogens (tertiary/aromatic N) is 4. The smallest absolute Gasteiger partial charge is 0.407 e. The number of fused-ring (bicyclic) bond motifs is 3. The van der Waals surface area contributed by atoms with Crippen LogP contribution in [-0.4, -0.2) is 94.9 Å². The summed E-state index contributed by atoms with van der Waals surface area (Å²) in [5.41, 5.74) is 9.25. The third kappa shape index (κ3) is 8.37. The average Bonchev–Trinajstić information content (AvgIpc) is 4.06. The molecule has 3 aromatic rings. The summed E-state index contributed by atoms with van der Waals surface area (Å²) in [6.45, 7) is 8.90. The SMILES string of the molecule is COC(=O)N[C@H](C(=O)N1CCC[C@H]1C1=NC=C(c2ccc(C#Cc3ccc4c(c3)CCc3[nH]c([C@@H]5CCCN5C(=O)[C@@H](NC(=O)OC)C(C)C)nc3-4)cc2)C1)C(C)C. The zero-order chi connectivity index (χ0) is 41.1. The number of imidazole rings is 1. The van der Waals surface area contributed by atoms with Gasteiger partial charge in [-0.3, -0.25) is 14.6 Å². The lowest BCUT2D eigenvalue weighted by atomic mass is 9.91. The van der Waals surface area contributed by atoms with Gasteiger partial charge in [-0.05, 0) is 91.3 Å². The molecule has 58 heavy (non-hydrogen) atoms. The second kappa shape index (κ2) is 17.3. The van der Waals surface area contributed by atoms with E-state index in [2.05, 4.69) is 51.7 Å². The predicted molar refractivity (Wildman–Crippen MR) is 221 cm³/mol. The van der Waals surface area contributed by atoms with Crippen LogP contribution in [0.15, 0.2) is 53.7 Å². The molecule has 0 spiro atoms. The number of H-pyrrole nitrogens is 1. The number of hydrogen-bond donors (Lipinski definition) is 3. The van der Waals surface area contributed by atoms with Gasteiger partial charge < -0.3 is 34.9 Å². The molecule has 4 heterocycles. The number of rotatable bonds is 9. The van der Waals surface area contributed by atoms with Crippen LogP contribution in [0.5, 0.6) is 0 Å². The molecule has 2 aromatic carbocycles. The summed E-state index contributed by atoms with van der Waals surface area (Å²) in [6.07, 6.45) is 6.40. The van der Waals surface area contributed by atoms with Crippen molar-refractivity contribution in [2.75, 3.05) is 27.3 Å². The number of benzene rings is 2. The number of alkyl carbamates (subject to hydrolysis) is 2. The lowest BCUT2D eigenvalue weighted by Crippen LogP contribution is -2.53. The van der Waals surface area contributed by atoms with Gasteiger partial charge in [-0.1, -0.05) is 57.7 Å². The number of aromatic nitrogens is 2. The molecule has 0 unspecified atom stereocenters. The number of likely N-dealkylation sites (tertiary alicyclic amines) is 2. The van der Waals surface area contributed by atoms with Gasteiger partial charge in [0.25, 0.3) is 0 Å². The Labute approximate surface area is 340 Å². The average molecular weight is 788 g/mol. The fourth-order valence-electron chi connectivity index (χ4n) is 8.55. The highest BCUT2D eigenvalue weighted by Gasteiger charge is 2.40. The number of methoxy groups -OCH3 is 2. The molecule has 13 heteroatoms. The quantitative estimate of drug-likeness (QED) is 0.219. The molecule has 3 aliphatic heterocycles. The van der Waals surface area contributed by atoms with Crippen LogP contribution in [0.3, 0.4) is 0 Å². The molecule has 1 aromatic heterocycles. The van der Waals surface area contributed by atoms with Crippen LogP contribution in [0.2, 0.25) is 0 Å². The second-order valence-corrected chi connectivity index (χ2v) is 16.2. The lowest BCUT2D eigenvalue weighted by Gasteiger charge is -2.31. The van der Waals surface area contributed by atoms with Gasteiger partial charge in [0.05, 0.1) is 32.0 Å². The highest BCUT2D eigenvalue weighted by Crippen LogP contribution is 2.38. The highest BCUT2D eigenvalue weighted by atomic mass is 16.5. The molecule has 304 valence electrons. The fraction of sp³-hybridized carbons (Fsp3) is 0.467. The number of ether oxygens (including phenoxy) is 2. The maximum Gasteiger partial charge on any atom is 0.407 e. The van der Waals surface area contributed by atoms with E-state index in [1.807, 2.05) is 61.9 Å². The minimum atomic E-state index is -0.681. The van der Waals surface area contributed by atoms with E-state index in [9.17, 15) is 19.2 Å². The van der Waals surface area contributed by atoms with Gasteiger partial charge in [0.2, 0.25) is 11.8 Å². The van der Waals surface area contributed by atoms with Crippen molar-refractivity contribution in [2.45, 2.75) is 96.8 Å². The van der Waals surface area contributed by atoms with Gasteiger partial charge >= 0.3 is 12.2 Å². The lowest BCUT2D eigenvalue weighted by molar-refractivity contribution is -0.135. The van der Waals surface area contributed by atoms with Crippen molar-refractivity contribution in [1.29, 1.82) is 0 Å². The summed E-state index contributed by atoms with van der Waals surface area (Å²) >= 11 is 0. The Morgan fingerprint density at radius 3 is 2.00 bits per heavy atom. The summed E-state index contributed by atoms with van der Waals surface area (Å²) < 4.78 is 9.55. The first-order chi connectivity index (χ1) is 27.9. The van der Waals surface area contributed by atoms with Crippen molar-refractivity contribution in [3.8, 4) is 23.1 Å². The molecule has 3 N–H and O–H groups in total. The Morgan fingerprint density at radius 2 is 1.38 bits per heavy atom. The minimum Gasteiger partial charge on any atom is -0.453 e. The number of carbonyl (C=O) groups is 4. The summed E-state index contributed by atoms with van der Waals surface area (Å²) in [7, 11) is 2.60. The third-order valence-corrected chi connectivity index (χ3v) is 11.7. The van der Waals surface area contributed by atoms with E-state index in [1.54, 1.807) is 0 Å². The van der Waals surface area contributed by atoms with E-state index >= 15 is 0 Å². The fourth-order valence-corrected chi connectivity index (χ4v) is 8.55. The van der Waals surface area contributed by atoms with Crippen LogP contribution in [0, 0.1) is 23.7 Å². The van der Waals surface area contributed by atoms with E-state index in [0.29, 0.717) is 19.5 Å². The number of allylic oxidation sites excluding steroid dienone is 1. The Bertz CT molecular complexity index is 2190. The van der Waals surface area contributed by atoms with Crippen LogP contribution in [-0.2, 0) is 31.9 Å². The number of carbonyl (C=O) groups excluding carboxylic acids is 4. The molecule has 0 saturated carbocycles. The third-order valence-electron chi connectivity index (χ3n) is 11.7. The first-order valence-electron chi connectivity index (χ1n) is 20.4. The summed E-state index contributed by atoms with van der Waals surface area (Å²) in [6, 6.07) is 12.9. The zero-order valence-corrected chi connectivity index (χ0v) is 34.2. The van der Waals surface area contributed by atoms with Crippen LogP contribution in [0.4, 0.5) is 9.59 Å². The molecule has 7 rings (SSSR count). The van der Waals surface area contributed by atoms with Crippen molar-refractivity contribution >= 4 is 35.3 Å². The normalized spacial score (nSPS) is 19.4. The molecule has 4 amide bonds. The molecule has 4 atom stereocenters. The van der Waals surface area contributed by atoms with E-state index in [1.165, 1.54) is 19.8 Å². The molecular weight excluding hydrogens is 735 g/mol. The Hall–Kier alpha value is -5.90. The second-order valence-electron chi connectivity index (χ2n) is 16.2. The van der Waals surface area contributed by atoms with Crippen molar-refractivity contribution in [2.24, 2.45) is 16.8 Å². The van der Waals surface area contributed by atoms with Crippen LogP contribution >= 0.6 is 0 Å². The molecule has 0 radical (unpaired) electrons. The minimum absolute atomic E-state index is 0.0851. The van der Waals surface area contributed by atoms with Gasteiger partial charge in [-0.2, -0.15) is 0 Å². The molecule has 1 aliphatic carbocycles. The van der Waals surface area contributed by atoms with Crippen LogP contribution in [0.1, 0.15) is 99.6 Å². The molecule has 2 saturated heterocycles. The standard InChI is InChI=1S/C45H53N7O6/c1-26(2)38(49-44(55)57-5)42(53)51-21-7-9-36(51)35-24-32(25-46-35)30-16-13-28(14-17-30)11-12-29-15-19-33-31(23-29)18-20-34-40(33)48-41(47-34)37-10-8-22-52(37)43(54)39(27(3)4)50-45(56)58-6/h13-17,19,23,25-27,36-39H,7-10,18,20-22,24H2,1-6H3,(H,47,48)(H,49,55)(H,50,56)/t36-,37-,38-,39-/m0/s1. The molecule has 13 nitrogen and oxygen atoms in total. The Morgan fingerprint density at radius 1 is 0.793 bits per heavy atom. The first-order valence-corrected chi connectivity index (χ1v) is 20.4. The van der Waals surface area contributed by atoms with E-state index in [0.717, 1.165) is 89.3 Å². The van der Waals surface area contributed by atoms with Gasteiger partial charge in [0.1, 0.15) is 17.9 Å². The van der Waals surface area contributed by atoms with E-state index in [-0.39, 0.29) is 35.7 Å². The first kappa shape index (κ1) is 40.3. The zero-order valence-electron chi connectivity index (χ0n) is 34.2. The molecular formula is C45H53N7O6. The number of aliphatic imine (C=N–C) groups is 1. The van der Waals surface area contributed by atoms with Crippen molar-refractivity contribution in [3.05, 3.63) is 82.4 Å². The van der Waals surface area contributed by atoms with E-state index in [4.69, 9.17) is 19.5 Å². The number of amides is 4. The predicted octanol–water partition coefficient (Wildman–Crippen LogP) is 6.18. The number of hydrogen-bond acceptors (Lipinski definition) is 8. The number of aryl methyl sites for hydroxylation is 2. The largest absolute Gasteiger partial charge is 0.453 e. The number of aromatic amines is 1. The highest BCUT2D eigenvalue weighted by molar-refractivity contribution is 6.03. The van der Waals surface area contributed by atoms with Gasteiger partial charge in [0.15, 0.2) is 0 Å². The van der Waals surface area contributed by atoms with Crippen molar-refractivity contribution < 1.29 is 28.7 Å². The Balaban J connectivity index is 0.985. The molecule has 4 aliphatic rings. The summed E-state index contributed by atoms with van der Waals surface area (Å²) in [4.78, 5) is 68.3. The van der Waals surface area contributed by atoms with Crippen molar-refractivity contribution in [1.82, 2.24) is 30.4 Å². The molecule has 0 bridgehead atoms. The van der Waals surface area contributed by atoms with Crippen LogP contribution in [0.25, 0.3) is 16.8 Å². The maximum absolute atomic E-state index is 13.7. The Kier molecular flexibility index (Phi) is 12.0. The molecule has 2 fully saturated rings. The topological polar surface area (TPSA) is 158 Å². The van der Waals surface area contributed by atoms with Gasteiger partial charge in [-0.15, -0.1) is 0 Å². The van der Waals surface area contributed by atoms with Crippen LogP contribution < -0.4 is 10.6 Å². The van der Waals surface area contributed by atoms with E-state index < -0.39 is 24.3 Å². The monoisotopic (exact) mass is 787 g/mol. The van der Waals surface area contributed by atoms with Gasteiger partial charge in [0, 0.05) is 53.8 Å². The van der Waals surface area contributed by atoms with Crippen molar-refractivity contribution in [3.63, 3.8) is 0 Å². The summed E-state index contributed by atoms with van der Waals surface area (Å²) in [5.74, 6) is 7.06.